The number of hydrogen-bond acceptors (Lipinski definition) is 2. The van der Waals surface area contributed by atoms with Gasteiger partial charge in [-0.25, -0.2) is 0 Å². The van der Waals surface area contributed by atoms with Crippen LogP contribution in [0.1, 0.15) is 59.8 Å². The maximum atomic E-state index is 12.8. The molecule has 1 aliphatic carbocycles. The predicted octanol–water partition coefficient (Wildman–Crippen LogP) is 2.58. The van der Waals surface area contributed by atoms with E-state index in [9.17, 15) is 9.59 Å². The average molecular weight is 294 g/mol. The van der Waals surface area contributed by atoms with Crippen LogP contribution in [0, 0.1) is 17.3 Å². The quantitative estimate of drug-likeness (QED) is 0.866. The normalized spacial score (nSPS) is 25.4. The van der Waals surface area contributed by atoms with Gasteiger partial charge in [-0.3, -0.25) is 9.59 Å². The molecule has 1 heterocycles. The van der Waals surface area contributed by atoms with Crippen LogP contribution in [0.2, 0.25) is 0 Å². The summed E-state index contributed by atoms with van der Waals surface area (Å²) in [6.07, 6.45) is 5.76. The largest absolute Gasteiger partial charge is 0.342 e. The Morgan fingerprint density at radius 3 is 2.38 bits per heavy atom. The highest BCUT2D eigenvalue weighted by atomic mass is 16.2. The number of nitrogens with one attached hydrogen (secondary N) is 1. The molecule has 4 heteroatoms. The summed E-state index contributed by atoms with van der Waals surface area (Å²) in [6, 6.07) is -0.283. The van der Waals surface area contributed by atoms with Gasteiger partial charge in [-0.15, -0.1) is 0 Å². The number of amides is 2. The van der Waals surface area contributed by atoms with Crippen molar-refractivity contribution in [3.8, 4) is 0 Å². The van der Waals surface area contributed by atoms with Crippen molar-refractivity contribution in [3.05, 3.63) is 0 Å². The van der Waals surface area contributed by atoms with Gasteiger partial charge in [0, 0.05) is 6.54 Å². The van der Waals surface area contributed by atoms with Gasteiger partial charge in [0.1, 0.15) is 6.04 Å². The smallest absolute Gasteiger partial charge is 0.245 e. The van der Waals surface area contributed by atoms with Gasteiger partial charge in [0.15, 0.2) is 0 Å². The van der Waals surface area contributed by atoms with E-state index in [0.29, 0.717) is 18.4 Å². The summed E-state index contributed by atoms with van der Waals surface area (Å²) in [4.78, 5) is 26.6. The third kappa shape index (κ3) is 3.78. The summed E-state index contributed by atoms with van der Waals surface area (Å²) in [5.74, 6) is 0.948. The predicted molar refractivity (Wildman–Crippen MR) is 83.7 cm³/mol. The third-order valence-corrected chi connectivity index (χ3v) is 5.51. The zero-order valence-electron chi connectivity index (χ0n) is 13.9. The van der Waals surface area contributed by atoms with Gasteiger partial charge in [-0.05, 0) is 30.1 Å². The molecule has 1 N–H and O–H groups in total. The van der Waals surface area contributed by atoms with Crippen LogP contribution >= 0.6 is 0 Å². The highest BCUT2D eigenvalue weighted by molar-refractivity contribution is 5.95. The first-order valence-corrected chi connectivity index (χ1v) is 8.39. The minimum absolute atomic E-state index is 0.00438. The van der Waals surface area contributed by atoms with Crippen molar-refractivity contribution >= 4 is 11.8 Å². The number of hydrogen-bond donors (Lipinski definition) is 1. The standard InChI is InChI=1S/C17H30N2O2/c1-12(2)17(3,4)11-19-10-14(20)18-15(16(19)21)13-8-6-5-7-9-13/h12-13,15H,5-11H2,1-4H3,(H,18,20). The molecule has 120 valence electrons. The van der Waals surface area contributed by atoms with Gasteiger partial charge in [0.25, 0.3) is 0 Å². The first-order chi connectivity index (χ1) is 9.81. The summed E-state index contributed by atoms with van der Waals surface area (Å²) in [6.45, 7) is 9.58. The molecule has 0 aromatic rings. The van der Waals surface area contributed by atoms with Gasteiger partial charge in [0.2, 0.25) is 11.8 Å². The first kappa shape index (κ1) is 16.3. The summed E-state index contributed by atoms with van der Waals surface area (Å²) in [7, 11) is 0. The van der Waals surface area contributed by atoms with Crippen molar-refractivity contribution in [2.24, 2.45) is 17.3 Å². The van der Waals surface area contributed by atoms with Gasteiger partial charge in [-0.2, -0.15) is 0 Å². The molecule has 4 nitrogen and oxygen atoms in total. The lowest BCUT2D eigenvalue weighted by Gasteiger charge is -2.42. The molecule has 2 amide bonds. The molecular weight excluding hydrogens is 264 g/mol. The molecule has 0 spiro atoms. The Bertz CT molecular complexity index is 398. The second-order valence-corrected chi connectivity index (χ2v) is 7.78. The monoisotopic (exact) mass is 294 g/mol. The highest BCUT2D eigenvalue weighted by Gasteiger charge is 2.40. The van der Waals surface area contributed by atoms with E-state index in [4.69, 9.17) is 0 Å². The lowest BCUT2D eigenvalue weighted by Crippen LogP contribution is -2.62. The van der Waals surface area contributed by atoms with E-state index in [2.05, 4.69) is 33.0 Å². The van der Waals surface area contributed by atoms with E-state index >= 15 is 0 Å². The molecule has 1 aliphatic heterocycles. The SMILES string of the molecule is CC(C)C(C)(C)CN1CC(=O)NC(C2CCCCC2)C1=O. The summed E-state index contributed by atoms with van der Waals surface area (Å²) >= 11 is 0. The van der Waals surface area contributed by atoms with Crippen LogP contribution in [0.15, 0.2) is 0 Å². The molecule has 21 heavy (non-hydrogen) atoms. The number of piperazine rings is 1. The molecule has 2 aliphatic rings. The van der Waals surface area contributed by atoms with Gasteiger partial charge >= 0.3 is 0 Å². The number of carbonyl (C=O) groups excluding carboxylic acids is 2. The zero-order chi connectivity index (χ0) is 15.6. The van der Waals surface area contributed by atoms with Crippen LogP contribution in [0.4, 0.5) is 0 Å². The molecule has 1 saturated heterocycles. The lowest BCUT2D eigenvalue weighted by molar-refractivity contribution is -0.148. The molecular formula is C17H30N2O2. The topological polar surface area (TPSA) is 49.4 Å². The van der Waals surface area contributed by atoms with Crippen LogP contribution in [0.5, 0.6) is 0 Å². The molecule has 1 saturated carbocycles. The number of carbonyl (C=O) groups is 2. The molecule has 2 rings (SSSR count). The molecule has 0 radical (unpaired) electrons. The van der Waals surface area contributed by atoms with Gasteiger partial charge in [0.05, 0.1) is 6.54 Å². The number of rotatable bonds is 4. The summed E-state index contributed by atoms with van der Waals surface area (Å²) in [5, 5.41) is 2.95. The minimum atomic E-state index is -0.283. The van der Waals surface area contributed by atoms with Crippen molar-refractivity contribution in [2.75, 3.05) is 13.1 Å². The van der Waals surface area contributed by atoms with Crippen molar-refractivity contribution in [1.82, 2.24) is 10.2 Å². The van der Waals surface area contributed by atoms with Crippen LogP contribution < -0.4 is 5.32 Å². The van der Waals surface area contributed by atoms with Crippen LogP contribution in [0.3, 0.4) is 0 Å². The molecule has 0 bridgehead atoms. The third-order valence-electron chi connectivity index (χ3n) is 5.51. The minimum Gasteiger partial charge on any atom is -0.342 e. The molecule has 0 aromatic carbocycles. The Morgan fingerprint density at radius 1 is 1.19 bits per heavy atom. The Labute approximate surface area is 128 Å². The van der Waals surface area contributed by atoms with Crippen molar-refractivity contribution in [3.63, 3.8) is 0 Å². The maximum Gasteiger partial charge on any atom is 0.245 e. The lowest BCUT2D eigenvalue weighted by atomic mass is 9.79. The Balaban J connectivity index is 2.08. The van der Waals surface area contributed by atoms with Gasteiger partial charge in [-0.1, -0.05) is 47.0 Å². The summed E-state index contributed by atoms with van der Waals surface area (Å²) < 4.78 is 0. The van der Waals surface area contributed by atoms with Crippen LogP contribution in [0.25, 0.3) is 0 Å². The number of nitrogens with zero attached hydrogens (tertiary/aromatic N) is 1. The van der Waals surface area contributed by atoms with Crippen LogP contribution in [-0.2, 0) is 9.59 Å². The van der Waals surface area contributed by atoms with E-state index < -0.39 is 0 Å². The van der Waals surface area contributed by atoms with E-state index in [0.717, 1.165) is 12.8 Å². The van der Waals surface area contributed by atoms with E-state index in [-0.39, 0.29) is 29.8 Å². The van der Waals surface area contributed by atoms with E-state index in [1.54, 1.807) is 4.90 Å². The van der Waals surface area contributed by atoms with Gasteiger partial charge < -0.3 is 10.2 Å². The first-order valence-electron chi connectivity index (χ1n) is 8.39. The Morgan fingerprint density at radius 2 is 1.81 bits per heavy atom. The molecule has 0 aromatic heterocycles. The maximum absolute atomic E-state index is 12.8. The molecule has 2 fully saturated rings. The van der Waals surface area contributed by atoms with E-state index in [1.165, 1.54) is 19.3 Å². The molecule has 1 unspecified atom stereocenters. The second-order valence-electron chi connectivity index (χ2n) is 7.78. The Hall–Kier alpha value is -1.06. The fourth-order valence-corrected chi connectivity index (χ4v) is 3.32. The van der Waals surface area contributed by atoms with Crippen molar-refractivity contribution < 1.29 is 9.59 Å². The zero-order valence-corrected chi connectivity index (χ0v) is 13.9. The Kier molecular flexibility index (Phi) is 4.95. The fourth-order valence-electron chi connectivity index (χ4n) is 3.32. The molecule has 1 atom stereocenters. The van der Waals surface area contributed by atoms with Crippen molar-refractivity contribution in [1.29, 1.82) is 0 Å². The van der Waals surface area contributed by atoms with Crippen LogP contribution in [-0.4, -0.2) is 35.8 Å². The average Bonchev–Trinajstić information content (AvgIpc) is 2.43. The fraction of sp³-hybridized carbons (Fsp3) is 0.882. The highest BCUT2D eigenvalue weighted by Crippen LogP contribution is 2.31. The summed E-state index contributed by atoms with van der Waals surface area (Å²) in [5.41, 5.74) is 0.0321. The second kappa shape index (κ2) is 6.37. The van der Waals surface area contributed by atoms with Crippen molar-refractivity contribution in [2.45, 2.75) is 65.8 Å². The van der Waals surface area contributed by atoms with E-state index in [1.807, 2.05) is 0 Å².